The number of primary sulfonamides is 1. The number of rotatable bonds is 4. The van der Waals surface area contributed by atoms with Crippen molar-refractivity contribution >= 4 is 21.6 Å². The molecule has 0 aromatic heterocycles. The van der Waals surface area contributed by atoms with E-state index in [0.717, 1.165) is 17.7 Å². The average molecular weight is 406 g/mol. The van der Waals surface area contributed by atoms with Crippen LogP contribution in [0, 0.1) is 16.7 Å². The van der Waals surface area contributed by atoms with Crippen LogP contribution < -0.4 is 15.4 Å². The number of benzene rings is 1. The highest BCUT2D eigenvalue weighted by Crippen LogP contribution is 2.65. The van der Waals surface area contributed by atoms with Gasteiger partial charge >= 0.3 is 0 Å². The lowest BCUT2D eigenvalue weighted by Gasteiger charge is -2.39. The number of fused-ring (bicyclic) bond motifs is 3. The Hall–Kier alpha value is -1.60. The van der Waals surface area contributed by atoms with Gasteiger partial charge in [0.25, 0.3) is 0 Å². The molecule has 7 heteroatoms. The SMILES string of the molecule is C[C@@H]1Cc2cc(S(N)(=O)=O)ccc2N1CC(=O)N[C@@H]1C[C@H]2CC[C@@]1(C)C2(C)C. The zero-order valence-corrected chi connectivity index (χ0v) is 18.0. The summed E-state index contributed by atoms with van der Waals surface area (Å²) in [5.74, 6) is 0.732. The Morgan fingerprint density at radius 1 is 1.32 bits per heavy atom. The van der Waals surface area contributed by atoms with Gasteiger partial charge in [-0.15, -0.1) is 0 Å². The van der Waals surface area contributed by atoms with Crippen LogP contribution in [0.25, 0.3) is 0 Å². The van der Waals surface area contributed by atoms with E-state index in [-0.39, 0.29) is 33.7 Å². The maximum atomic E-state index is 12.9. The third kappa shape index (κ3) is 2.86. The monoisotopic (exact) mass is 405 g/mol. The Bertz CT molecular complexity index is 927. The van der Waals surface area contributed by atoms with Crippen LogP contribution in [-0.2, 0) is 21.2 Å². The number of carbonyl (C=O) groups excluding carboxylic acids is 1. The van der Waals surface area contributed by atoms with Gasteiger partial charge in [-0.2, -0.15) is 0 Å². The lowest BCUT2D eigenvalue weighted by atomic mass is 9.69. The predicted molar refractivity (Wildman–Crippen MR) is 109 cm³/mol. The minimum Gasteiger partial charge on any atom is -0.359 e. The summed E-state index contributed by atoms with van der Waals surface area (Å²) in [6.45, 7) is 9.37. The van der Waals surface area contributed by atoms with Crippen molar-refractivity contribution in [3.8, 4) is 0 Å². The molecule has 4 rings (SSSR count). The van der Waals surface area contributed by atoms with Crippen LogP contribution in [0.5, 0.6) is 0 Å². The molecule has 1 amide bonds. The highest BCUT2D eigenvalue weighted by molar-refractivity contribution is 7.89. The number of hydrogen-bond acceptors (Lipinski definition) is 4. The van der Waals surface area contributed by atoms with Crippen LogP contribution in [0.15, 0.2) is 23.1 Å². The maximum absolute atomic E-state index is 12.9. The topological polar surface area (TPSA) is 92.5 Å². The van der Waals surface area contributed by atoms with Gasteiger partial charge in [0.1, 0.15) is 0 Å². The van der Waals surface area contributed by atoms with Gasteiger partial charge in [0.2, 0.25) is 15.9 Å². The van der Waals surface area contributed by atoms with Crippen molar-refractivity contribution in [2.45, 2.75) is 70.4 Å². The molecule has 1 aliphatic heterocycles. The van der Waals surface area contributed by atoms with Crippen molar-refractivity contribution in [2.75, 3.05) is 11.4 Å². The normalized spacial score (nSPS) is 33.2. The predicted octanol–water partition coefficient (Wildman–Crippen LogP) is 2.42. The first kappa shape index (κ1) is 19.7. The first-order valence-corrected chi connectivity index (χ1v) is 11.7. The van der Waals surface area contributed by atoms with Crippen molar-refractivity contribution in [3.05, 3.63) is 23.8 Å². The average Bonchev–Trinajstić information content (AvgIpc) is 3.08. The van der Waals surface area contributed by atoms with Gasteiger partial charge in [0.15, 0.2) is 0 Å². The lowest BCUT2D eigenvalue weighted by Crippen LogP contribution is -2.50. The van der Waals surface area contributed by atoms with Gasteiger partial charge in [-0.05, 0) is 73.1 Å². The summed E-state index contributed by atoms with van der Waals surface area (Å²) < 4.78 is 23.2. The first-order chi connectivity index (χ1) is 12.9. The number of nitrogens with one attached hydrogen (secondary N) is 1. The van der Waals surface area contributed by atoms with Crippen LogP contribution in [0.3, 0.4) is 0 Å². The Morgan fingerprint density at radius 3 is 2.61 bits per heavy atom. The van der Waals surface area contributed by atoms with Crippen LogP contribution in [0.2, 0.25) is 0 Å². The van der Waals surface area contributed by atoms with Crippen molar-refractivity contribution < 1.29 is 13.2 Å². The molecule has 2 bridgehead atoms. The summed E-state index contributed by atoms with van der Waals surface area (Å²) in [6.07, 6.45) is 4.22. The molecule has 2 aliphatic carbocycles. The number of nitrogens with two attached hydrogens (primary N) is 1. The second-order valence-corrected chi connectivity index (χ2v) is 11.3. The van der Waals surface area contributed by atoms with Crippen LogP contribution >= 0.6 is 0 Å². The number of nitrogens with zero attached hydrogens (tertiary/aromatic N) is 1. The van der Waals surface area contributed by atoms with Crippen molar-refractivity contribution in [1.29, 1.82) is 0 Å². The molecule has 0 saturated heterocycles. The summed E-state index contributed by atoms with van der Waals surface area (Å²) in [5.41, 5.74) is 2.28. The van der Waals surface area contributed by atoms with Crippen LogP contribution in [0.4, 0.5) is 5.69 Å². The summed E-state index contributed by atoms with van der Waals surface area (Å²) in [5, 5.41) is 8.57. The van der Waals surface area contributed by atoms with E-state index in [1.54, 1.807) is 12.1 Å². The molecule has 2 fully saturated rings. The minimum atomic E-state index is -3.72. The third-order valence-corrected chi connectivity index (χ3v) is 9.09. The zero-order chi connectivity index (χ0) is 20.5. The highest BCUT2D eigenvalue weighted by atomic mass is 32.2. The van der Waals surface area contributed by atoms with Gasteiger partial charge < -0.3 is 10.2 Å². The molecule has 2 saturated carbocycles. The molecular weight excluding hydrogens is 374 g/mol. The second-order valence-electron chi connectivity index (χ2n) is 9.75. The molecule has 154 valence electrons. The molecule has 4 atom stereocenters. The van der Waals surface area contributed by atoms with E-state index >= 15 is 0 Å². The van der Waals surface area contributed by atoms with Gasteiger partial charge in [0.05, 0.1) is 11.4 Å². The number of hydrogen-bond donors (Lipinski definition) is 2. The Kier molecular flexibility index (Phi) is 4.36. The zero-order valence-electron chi connectivity index (χ0n) is 17.2. The maximum Gasteiger partial charge on any atom is 0.239 e. The fraction of sp³-hybridized carbons (Fsp3) is 0.667. The molecule has 6 nitrogen and oxygen atoms in total. The van der Waals surface area contributed by atoms with E-state index < -0.39 is 10.0 Å². The highest BCUT2D eigenvalue weighted by Gasteiger charge is 2.61. The number of sulfonamides is 1. The standard InChI is InChI=1S/C21H31N3O3S/c1-13-9-14-10-16(28(22,26)27)5-6-17(14)24(13)12-19(25)23-18-11-15-7-8-21(18,4)20(15,2)3/h5-6,10,13,15,18H,7-9,11-12H2,1-4H3,(H,23,25)(H2,22,26,27)/t13-,15-,18-,21-/m1/s1. The molecule has 1 heterocycles. The van der Waals surface area contributed by atoms with Gasteiger partial charge in [0, 0.05) is 17.8 Å². The van der Waals surface area contributed by atoms with Gasteiger partial charge in [-0.3, -0.25) is 4.79 Å². The molecule has 0 unspecified atom stereocenters. The molecule has 1 aromatic carbocycles. The van der Waals surface area contributed by atoms with E-state index in [1.807, 2.05) is 0 Å². The van der Waals surface area contributed by atoms with Crippen molar-refractivity contribution in [1.82, 2.24) is 5.32 Å². The summed E-state index contributed by atoms with van der Waals surface area (Å²) in [4.78, 5) is 15.1. The molecule has 1 aromatic rings. The molecule has 3 aliphatic rings. The molecule has 28 heavy (non-hydrogen) atoms. The summed E-state index contributed by atoms with van der Waals surface area (Å²) >= 11 is 0. The minimum absolute atomic E-state index is 0.0461. The third-order valence-electron chi connectivity index (χ3n) is 8.18. The molecule has 3 N–H and O–H groups in total. The first-order valence-electron chi connectivity index (χ1n) is 10.2. The second kappa shape index (κ2) is 6.20. The van der Waals surface area contributed by atoms with E-state index in [9.17, 15) is 13.2 Å². The smallest absolute Gasteiger partial charge is 0.239 e. The Morgan fingerprint density at radius 2 is 2.04 bits per heavy atom. The lowest BCUT2D eigenvalue weighted by molar-refractivity contribution is -0.121. The quantitative estimate of drug-likeness (QED) is 0.805. The van der Waals surface area contributed by atoms with E-state index in [1.165, 1.54) is 18.9 Å². The van der Waals surface area contributed by atoms with Gasteiger partial charge in [-0.25, -0.2) is 13.6 Å². The summed E-state index contributed by atoms with van der Waals surface area (Å²) in [6, 6.07) is 5.31. The van der Waals surface area contributed by atoms with Crippen molar-refractivity contribution in [2.24, 2.45) is 21.9 Å². The fourth-order valence-corrected chi connectivity index (χ4v) is 6.47. The Labute approximate surface area is 167 Å². The van der Waals surface area contributed by atoms with Gasteiger partial charge in [-0.1, -0.05) is 20.8 Å². The van der Waals surface area contributed by atoms with E-state index in [2.05, 4.69) is 37.9 Å². The van der Waals surface area contributed by atoms with E-state index in [4.69, 9.17) is 5.14 Å². The number of anilines is 1. The van der Waals surface area contributed by atoms with E-state index in [0.29, 0.717) is 18.9 Å². The largest absolute Gasteiger partial charge is 0.359 e. The van der Waals surface area contributed by atoms with Crippen molar-refractivity contribution in [3.63, 3.8) is 0 Å². The van der Waals surface area contributed by atoms with Crippen LogP contribution in [-0.4, -0.2) is 33.0 Å². The number of amides is 1. The summed E-state index contributed by atoms with van der Waals surface area (Å²) in [7, 11) is -3.72. The Balaban J connectivity index is 1.48. The molecule has 0 spiro atoms. The fourth-order valence-electron chi connectivity index (χ4n) is 5.91. The molecular formula is C21H31N3O3S. The molecule has 0 radical (unpaired) electrons. The van der Waals surface area contributed by atoms with Crippen LogP contribution in [0.1, 0.15) is 52.5 Å². The number of carbonyl (C=O) groups is 1.